The Morgan fingerprint density at radius 3 is 2.85 bits per heavy atom. The highest BCUT2D eigenvalue weighted by Gasteiger charge is 2.46. The smallest absolute Gasteiger partial charge is 0.295 e. The number of pyridine rings is 2. The maximum Gasteiger partial charge on any atom is 0.295 e. The number of carbonyl (C=O) groups excluding carboxylic acids is 1. The van der Waals surface area contributed by atoms with E-state index in [1.807, 2.05) is 6.92 Å². The summed E-state index contributed by atoms with van der Waals surface area (Å²) in [6, 6.07) is 3.44. The molecule has 2 fully saturated rings. The van der Waals surface area contributed by atoms with Crippen LogP contribution in [-0.2, 0) is 9.47 Å². The van der Waals surface area contributed by atoms with Gasteiger partial charge in [-0.2, -0.15) is 0 Å². The molecule has 1 N–H and O–H groups in total. The van der Waals surface area contributed by atoms with Crippen LogP contribution in [0.15, 0.2) is 24.5 Å². The quantitative estimate of drug-likeness (QED) is 0.484. The lowest BCUT2D eigenvalue weighted by molar-refractivity contribution is -0.184. The Morgan fingerprint density at radius 2 is 2.12 bits per heavy atom. The SMILES string of the molecule is COc1cnc(Cl)cc1-c1cc(C)ncc1C(=O)Nc1nnc(OCC2COC3(COC3)C2)s1. The number of nitrogens with zero attached hydrogens (tertiary/aromatic N) is 4. The minimum absolute atomic E-state index is 0.129. The van der Waals surface area contributed by atoms with Crippen molar-refractivity contribution in [3.8, 4) is 22.1 Å². The Hall–Kier alpha value is -2.86. The summed E-state index contributed by atoms with van der Waals surface area (Å²) in [6.45, 7) is 4.23. The van der Waals surface area contributed by atoms with Gasteiger partial charge in [0.1, 0.15) is 16.5 Å². The number of nitrogens with one attached hydrogen (secondary N) is 1. The molecule has 2 saturated heterocycles. The van der Waals surface area contributed by atoms with Gasteiger partial charge in [-0.05, 0) is 36.8 Å². The molecule has 3 aromatic rings. The van der Waals surface area contributed by atoms with Crippen molar-refractivity contribution in [2.24, 2.45) is 5.92 Å². The summed E-state index contributed by atoms with van der Waals surface area (Å²) in [4.78, 5) is 21.4. The van der Waals surface area contributed by atoms with Crippen LogP contribution in [0.3, 0.4) is 0 Å². The van der Waals surface area contributed by atoms with Crippen LogP contribution in [0.4, 0.5) is 5.13 Å². The van der Waals surface area contributed by atoms with Crippen LogP contribution >= 0.6 is 22.9 Å². The van der Waals surface area contributed by atoms with Gasteiger partial charge in [-0.1, -0.05) is 16.7 Å². The first kappa shape index (κ1) is 22.9. The zero-order chi connectivity index (χ0) is 23.7. The fourth-order valence-electron chi connectivity index (χ4n) is 4.00. The largest absolute Gasteiger partial charge is 0.494 e. The molecule has 2 aliphatic rings. The van der Waals surface area contributed by atoms with Gasteiger partial charge in [0.25, 0.3) is 11.1 Å². The molecule has 0 bridgehead atoms. The number of rotatable bonds is 7. The fraction of sp³-hybridized carbons (Fsp3) is 0.409. The second kappa shape index (κ2) is 9.41. The molecule has 12 heteroatoms. The zero-order valence-electron chi connectivity index (χ0n) is 18.5. The highest BCUT2D eigenvalue weighted by Crippen LogP contribution is 2.37. The predicted octanol–water partition coefficient (Wildman–Crippen LogP) is 3.40. The standard InChI is InChI=1S/C22H22ClN5O5S/c1-12-3-14(15-4-18(23)25-7-17(15)30-2)16(6-24-12)19(29)26-20-27-28-21(34-20)32-8-13-5-22(33-9-13)10-31-11-22/h3-4,6-7,13H,5,8-11H2,1-2H3,(H,26,27,29). The van der Waals surface area contributed by atoms with E-state index in [9.17, 15) is 4.79 Å². The number of halogens is 1. The number of amides is 1. The lowest BCUT2D eigenvalue weighted by Crippen LogP contribution is -2.49. The first-order valence-corrected chi connectivity index (χ1v) is 11.8. The third-order valence-corrected chi connectivity index (χ3v) is 6.67. The normalized spacial score (nSPS) is 18.5. The lowest BCUT2D eigenvalue weighted by Gasteiger charge is -2.36. The van der Waals surface area contributed by atoms with Gasteiger partial charge in [0.05, 0.1) is 45.3 Å². The van der Waals surface area contributed by atoms with Gasteiger partial charge in [0.15, 0.2) is 0 Å². The van der Waals surface area contributed by atoms with Crippen molar-refractivity contribution < 1.29 is 23.7 Å². The molecule has 1 unspecified atom stereocenters. The van der Waals surface area contributed by atoms with Crippen LogP contribution in [0.25, 0.3) is 11.1 Å². The molecule has 0 radical (unpaired) electrons. The molecule has 5 rings (SSSR count). The van der Waals surface area contributed by atoms with E-state index in [0.29, 0.717) is 59.2 Å². The Morgan fingerprint density at radius 1 is 1.26 bits per heavy atom. The first-order valence-electron chi connectivity index (χ1n) is 10.6. The molecule has 0 aromatic carbocycles. The monoisotopic (exact) mass is 503 g/mol. The zero-order valence-corrected chi connectivity index (χ0v) is 20.1. The summed E-state index contributed by atoms with van der Waals surface area (Å²) < 4.78 is 22.3. The van der Waals surface area contributed by atoms with E-state index in [4.69, 9.17) is 30.5 Å². The number of aromatic nitrogens is 4. The fourth-order valence-corrected chi connectivity index (χ4v) is 4.76. The van der Waals surface area contributed by atoms with Crippen LogP contribution in [0.5, 0.6) is 10.9 Å². The molecular weight excluding hydrogens is 482 g/mol. The minimum Gasteiger partial charge on any atom is -0.494 e. The van der Waals surface area contributed by atoms with Crippen LogP contribution in [0, 0.1) is 12.8 Å². The van der Waals surface area contributed by atoms with Crippen LogP contribution in [-0.4, -0.2) is 65.2 Å². The second-order valence-corrected chi connectivity index (χ2v) is 9.60. The second-order valence-electron chi connectivity index (χ2n) is 8.27. The summed E-state index contributed by atoms with van der Waals surface area (Å²) in [5.41, 5.74) is 2.19. The summed E-state index contributed by atoms with van der Waals surface area (Å²) in [5, 5.41) is 11.8. The Balaban J connectivity index is 1.28. The first-order chi connectivity index (χ1) is 16.4. The number of methoxy groups -OCH3 is 1. The predicted molar refractivity (Wildman–Crippen MR) is 125 cm³/mol. The van der Waals surface area contributed by atoms with E-state index in [-0.39, 0.29) is 16.7 Å². The van der Waals surface area contributed by atoms with Gasteiger partial charge in [-0.3, -0.25) is 15.1 Å². The summed E-state index contributed by atoms with van der Waals surface area (Å²) >= 11 is 7.26. The number of ether oxygens (including phenoxy) is 4. The maximum atomic E-state index is 13.1. The Kier molecular flexibility index (Phi) is 6.34. The van der Waals surface area contributed by atoms with Crippen LogP contribution in [0.2, 0.25) is 5.15 Å². The van der Waals surface area contributed by atoms with Crippen LogP contribution in [0.1, 0.15) is 22.5 Å². The summed E-state index contributed by atoms with van der Waals surface area (Å²) in [7, 11) is 1.53. The maximum absolute atomic E-state index is 13.1. The highest BCUT2D eigenvalue weighted by molar-refractivity contribution is 7.17. The number of hydrogen-bond acceptors (Lipinski definition) is 10. The molecule has 1 atom stereocenters. The molecule has 1 amide bonds. The van der Waals surface area contributed by atoms with Crippen molar-refractivity contribution in [2.75, 3.05) is 38.9 Å². The molecule has 34 heavy (non-hydrogen) atoms. The third-order valence-electron chi connectivity index (χ3n) is 5.71. The average Bonchev–Trinajstić information content (AvgIpc) is 3.44. The Bertz CT molecular complexity index is 1220. The van der Waals surface area contributed by atoms with Gasteiger partial charge in [-0.25, -0.2) is 4.98 Å². The van der Waals surface area contributed by atoms with Crippen molar-refractivity contribution in [2.45, 2.75) is 18.9 Å². The van der Waals surface area contributed by atoms with E-state index in [0.717, 1.165) is 23.5 Å². The van der Waals surface area contributed by atoms with E-state index in [1.165, 1.54) is 19.5 Å². The molecule has 178 valence electrons. The topological polar surface area (TPSA) is 118 Å². The van der Waals surface area contributed by atoms with Crippen molar-refractivity contribution in [3.63, 3.8) is 0 Å². The summed E-state index contributed by atoms with van der Waals surface area (Å²) in [5.74, 6) is 0.368. The van der Waals surface area contributed by atoms with Crippen molar-refractivity contribution in [1.82, 2.24) is 20.2 Å². The van der Waals surface area contributed by atoms with Gasteiger partial charge >= 0.3 is 0 Å². The highest BCUT2D eigenvalue weighted by atomic mass is 35.5. The van der Waals surface area contributed by atoms with E-state index >= 15 is 0 Å². The lowest BCUT2D eigenvalue weighted by atomic mass is 9.93. The molecule has 0 saturated carbocycles. The van der Waals surface area contributed by atoms with Gasteiger partial charge in [0.2, 0.25) is 5.13 Å². The third kappa shape index (κ3) is 4.69. The number of carbonyl (C=O) groups is 1. The van der Waals surface area contributed by atoms with Crippen molar-refractivity contribution in [3.05, 3.63) is 40.9 Å². The van der Waals surface area contributed by atoms with Crippen molar-refractivity contribution >= 4 is 34.0 Å². The molecular formula is C22H22ClN5O5S. The van der Waals surface area contributed by atoms with E-state index < -0.39 is 5.91 Å². The Labute approximate surface area is 204 Å². The average molecular weight is 504 g/mol. The van der Waals surface area contributed by atoms with E-state index in [1.54, 1.807) is 12.1 Å². The number of hydrogen-bond donors (Lipinski definition) is 1. The molecule has 10 nitrogen and oxygen atoms in total. The van der Waals surface area contributed by atoms with Gasteiger partial charge in [0, 0.05) is 28.9 Å². The number of anilines is 1. The minimum atomic E-state index is -0.392. The number of aryl methyl sites for hydroxylation is 1. The molecule has 3 aromatic heterocycles. The van der Waals surface area contributed by atoms with Gasteiger partial charge in [-0.15, -0.1) is 5.10 Å². The van der Waals surface area contributed by atoms with Crippen molar-refractivity contribution in [1.29, 1.82) is 0 Å². The molecule has 2 aliphatic heterocycles. The molecule has 0 aliphatic carbocycles. The molecule has 1 spiro atoms. The van der Waals surface area contributed by atoms with E-state index in [2.05, 4.69) is 25.5 Å². The van der Waals surface area contributed by atoms with Crippen LogP contribution < -0.4 is 14.8 Å². The van der Waals surface area contributed by atoms with Gasteiger partial charge < -0.3 is 18.9 Å². The summed E-state index contributed by atoms with van der Waals surface area (Å²) in [6.07, 6.45) is 3.92. The molecule has 5 heterocycles.